The molecule has 0 radical (unpaired) electrons. The third-order valence-corrected chi connectivity index (χ3v) is 3.18. The van der Waals surface area contributed by atoms with Gasteiger partial charge in [-0.15, -0.1) is 0 Å². The Morgan fingerprint density at radius 1 is 1.45 bits per heavy atom. The molecule has 1 aromatic rings. The molecule has 1 atom stereocenters. The van der Waals surface area contributed by atoms with Gasteiger partial charge in [-0.1, -0.05) is 0 Å². The van der Waals surface area contributed by atoms with Crippen LogP contribution in [0.4, 0.5) is 4.79 Å². The van der Waals surface area contributed by atoms with Crippen LogP contribution in [0, 0.1) is 0 Å². The van der Waals surface area contributed by atoms with Crippen molar-refractivity contribution >= 4 is 6.09 Å². The average molecular weight is 277 g/mol. The molecule has 2 rings (SSSR count). The minimum absolute atomic E-state index is 0.217. The first-order valence-electron chi connectivity index (χ1n) is 7.04. The SMILES string of the molecule is CC(C)(C)OC(=O)N1CCC(NCc2ccncc2)C1. The highest BCUT2D eigenvalue weighted by Gasteiger charge is 2.29. The maximum atomic E-state index is 11.9. The van der Waals surface area contributed by atoms with Crippen molar-refractivity contribution in [3.63, 3.8) is 0 Å². The second-order valence-electron chi connectivity index (χ2n) is 6.15. The lowest BCUT2D eigenvalue weighted by atomic mass is 10.2. The predicted molar refractivity (Wildman–Crippen MR) is 77.3 cm³/mol. The van der Waals surface area contributed by atoms with Crippen LogP contribution in [0.15, 0.2) is 24.5 Å². The van der Waals surface area contributed by atoms with E-state index in [1.807, 2.05) is 32.9 Å². The highest BCUT2D eigenvalue weighted by Crippen LogP contribution is 2.15. The fourth-order valence-electron chi connectivity index (χ4n) is 2.18. The van der Waals surface area contributed by atoms with E-state index < -0.39 is 5.60 Å². The zero-order chi connectivity index (χ0) is 14.6. The van der Waals surface area contributed by atoms with E-state index in [1.165, 1.54) is 5.56 Å². The van der Waals surface area contributed by atoms with E-state index in [4.69, 9.17) is 4.74 Å². The molecule has 0 bridgehead atoms. The summed E-state index contributed by atoms with van der Waals surface area (Å²) in [5, 5.41) is 3.47. The fraction of sp³-hybridized carbons (Fsp3) is 0.600. The zero-order valence-electron chi connectivity index (χ0n) is 12.4. The molecule has 0 aliphatic carbocycles. The van der Waals surface area contributed by atoms with E-state index in [1.54, 1.807) is 17.3 Å². The lowest BCUT2D eigenvalue weighted by molar-refractivity contribution is 0.0291. The van der Waals surface area contributed by atoms with E-state index in [9.17, 15) is 4.79 Å². The molecule has 2 heterocycles. The van der Waals surface area contributed by atoms with Crippen LogP contribution in [-0.2, 0) is 11.3 Å². The Labute approximate surface area is 120 Å². The van der Waals surface area contributed by atoms with E-state index >= 15 is 0 Å². The number of carbonyl (C=O) groups excluding carboxylic acids is 1. The molecule has 20 heavy (non-hydrogen) atoms. The second kappa shape index (κ2) is 6.22. The zero-order valence-corrected chi connectivity index (χ0v) is 12.4. The van der Waals surface area contributed by atoms with Gasteiger partial charge < -0.3 is 15.0 Å². The number of likely N-dealkylation sites (tertiary alicyclic amines) is 1. The number of hydrogen-bond donors (Lipinski definition) is 1. The Balaban J connectivity index is 1.76. The number of amides is 1. The molecule has 0 saturated carbocycles. The number of aromatic nitrogens is 1. The summed E-state index contributed by atoms with van der Waals surface area (Å²) in [5.41, 5.74) is 0.773. The summed E-state index contributed by atoms with van der Waals surface area (Å²) in [7, 11) is 0. The first kappa shape index (κ1) is 14.8. The van der Waals surface area contributed by atoms with Crippen LogP contribution in [0.25, 0.3) is 0 Å². The smallest absolute Gasteiger partial charge is 0.410 e. The van der Waals surface area contributed by atoms with Crippen molar-refractivity contribution in [1.29, 1.82) is 0 Å². The monoisotopic (exact) mass is 277 g/mol. The molecule has 1 saturated heterocycles. The predicted octanol–water partition coefficient (Wildman–Crippen LogP) is 2.18. The van der Waals surface area contributed by atoms with Gasteiger partial charge in [0.05, 0.1) is 0 Å². The standard InChI is InChI=1S/C15H23N3O2/c1-15(2,3)20-14(19)18-9-6-13(11-18)17-10-12-4-7-16-8-5-12/h4-5,7-8,13,17H,6,9-11H2,1-3H3. The van der Waals surface area contributed by atoms with Crippen LogP contribution in [0.2, 0.25) is 0 Å². The molecule has 110 valence electrons. The molecule has 1 aliphatic heterocycles. The third kappa shape index (κ3) is 4.49. The summed E-state index contributed by atoms with van der Waals surface area (Å²) in [5.74, 6) is 0. The minimum atomic E-state index is -0.431. The van der Waals surface area contributed by atoms with Gasteiger partial charge in [-0.3, -0.25) is 4.98 Å². The van der Waals surface area contributed by atoms with Gasteiger partial charge in [0, 0.05) is 38.1 Å². The van der Waals surface area contributed by atoms with Crippen LogP contribution < -0.4 is 5.32 Å². The van der Waals surface area contributed by atoms with E-state index in [0.29, 0.717) is 12.6 Å². The molecule has 5 heteroatoms. The number of rotatable bonds is 3. The summed E-state index contributed by atoms with van der Waals surface area (Å²) < 4.78 is 5.38. The molecule has 1 amide bonds. The number of nitrogens with one attached hydrogen (secondary N) is 1. The second-order valence-corrected chi connectivity index (χ2v) is 6.15. The molecule has 1 unspecified atom stereocenters. The lowest BCUT2D eigenvalue weighted by Crippen LogP contribution is -2.38. The number of nitrogens with zero attached hydrogens (tertiary/aromatic N) is 2. The Morgan fingerprint density at radius 3 is 2.80 bits per heavy atom. The Hall–Kier alpha value is -1.62. The number of carbonyl (C=O) groups is 1. The molecule has 1 fully saturated rings. The van der Waals surface area contributed by atoms with Crippen LogP contribution in [0.1, 0.15) is 32.8 Å². The molecule has 1 aliphatic rings. The molecule has 1 aromatic heterocycles. The summed E-state index contributed by atoms with van der Waals surface area (Å²) in [6.45, 7) is 7.93. The van der Waals surface area contributed by atoms with Gasteiger partial charge in [0.15, 0.2) is 0 Å². The number of ether oxygens (including phenoxy) is 1. The van der Waals surface area contributed by atoms with E-state index in [0.717, 1.165) is 19.5 Å². The summed E-state index contributed by atoms with van der Waals surface area (Å²) in [6.07, 6.45) is 4.33. The topological polar surface area (TPSA) is 54.5 Å². The van der Waals surface area contributed by atoms with Crippen LogP contribution in [0.5, 0.6) is 0 Å². The van der Waals surface area contributed by atoms with Crippen molar-refractivity contribution in [2.75, 3.05) is 13.1 Å². The largest absolute Gasteiger partial charge is 0.444 e. The molecule has 5 nitrogen and oxygen atoms in total. The first-order chi connectivity index (χ1) is 9.44. The molecular formula is C15H23N3O2. The van der Waals surface area contributed by atoms with Crippen LogP contribution in [-0.4, -0.2) is 40.7 Å². The minimum Gasteiger partial charge on any atom is -0.444 e. The van der Waals surface area contributed by atoms with Crippen molar-refractivity contribution in [3.8, 4) is 0 Å². The maximum Gasteiger partial charge on any atom is 0.410 e. The van der Waals surface area contributed by atoms with Gasteiger partial charge in [0.25, 0.3) is 0 Å². The van der Waals surface area contributed by atoms with Gasteiger partial charge in [-0.2, -0.15) is 0 Å². The Bertz CT molecular complexity index is 442. The third-order valence-electron chi connectivity index (χ3n) is 3.18. The van der Waals surface area contributed by atoms with Gasteiger partial charge >= 0.3 is 6.09 Å². The molecular weight excluding hydrogens is 254 g/mol. The maximum absolute atomic E-state index is 11.9. The average Bonchev–Trinajstić information content (AvgIpc) is 2.84. The van der Waals surface area contributed by atoms with Crippen LogP contribution >= 0.6 is 0 Å². The Morgan fingerprint density at radius 2 is 2.15 bits per heavy atom. The fourth-order valence-corrected chi connectivity index (χ4v) is 2.18. The number of hydrogen-bond acceptors (Lipinski definition) is 4. The molecule has 0 spiro atoms. The van der Waals surface area contributed by atoms with Gasteiger partial charge in [0.1, 0.15) is 5.60 Å². The lowest BCUT2D eigenvalue weighted by Gasteiger charge is -2.24. The van der Waals surface area contributed by atoms with Gasteiger partial charge in [-0.05, 0) is 44.9 Å². The van der Waals surface area contributed by atoms with E-state index in [-0.39, 0.29) is 6.09 Å². The quantitative estimate of drug-likeness (QED) is 0.920. The summed E-state index contributed by atoms with van der Waals surface area (Å²) in [4.78, 5) is 17.7. The highest BCUT2D eigenvalue weighted by atomic mass is 16.6. The highest BCUT2D eigenvalue weighted by molar-refractivity contribution is 5.68. The van der Waals surface area contributed by atoms with Gasteiger partial charge in [0.2, 0.25) is 0 Å². The van der Waals surface area contributed by atoms with Crippen molar-refractivity contribution in [1.82, 2.24) is 15.2 Å². The molecule has 1 N–H and O–H groups in total. The number of pyridine rings is 1. The Kier molecular flexibility index (Phi) is 4.60. The summed E-state index contributed by atoms with van der Waals surface area (Å²) >= 11 is 0. The van der Waals surface area contributed by atoms with E-state index in [2.05, 4.69) is 10.3 Å². The van der Waals surface area contributed by atoms with Crippen molar-refractivity contribution in [2.45, 2.75) is 45.4 Å². The summed E-state index contributed by atoms with van der Waals surface area (Å²) in [6, 6.07) is 4.32. The van der Waals surface area contributed by atoms with Crippen molar-refractivity contribution in [2.24, 2.45) is 0 Å². The molecule has 0 aromatic carbocycles. The van der Waals surface area contributed by atoms with Gasteiger partial charge in [-0.25, -0.2) is 4.79 Å². The van der Waals surface area contributed by atoms with Crippen molar-refractivity contribution in [3.05, 3.63) is 30.1 Å². The van der Waals surface area contributed by atoms with Crippen molar-refractivity contribution < 1.29 is 9.53 Å². The first-order valence-corrected chi connectivity index (χ1v) is 7.04. The normalized spacial score (nSPS) is 19.1. The van der Waals surface area contributed by atoms with Crippen LogP contribution in [0.3, 0.4) is 0 Å².